The minimum atomic E-state index is 0.632. The van der Waals surface area contributed by atoms with Gasteiger partial charge in [0, 0.05) is 19.2 Å². The van der Waals surface area contributed by atoms with E-state index in [2.05, 4.69) is 17.2 Å². The second-order valence-corrected chi connectivity index (χ2v) is 4.51. The van der Waals surface area contributed by atoms with Crippen molar-refractivity contribution in [3.8, 4) is 11.6 Å². The molecule has 20 heavy (non-hydrogen) atoms. The fraction of sp³-hybridized carbons (Fsp3) is 0.312. The van der Waals surface area contributed by atoms with Crippen LogP contribution >= 0.6 is 0 Å². The van der Waals surface area contributed by atoms with E-state index in [1.807, 2.05) is 42.5 Å². The van der Waals surface area contributed by atoms with Gasteiger partial charge in [-0.05, 0) is 25.1 Å². The monoisotopic (exact) mass is 272 g/mol. The van der Waals surface area contributed by atoms with Crippen molar-refractivity contribution in [3.63, 3.8) is 0 Å². The molecule has 2 rings (SSSR count). The number of nitrogens with one attached hydrogen (secondary N) is 1. The van der Waals surface area contributed by atoms with Crippen molar-refractivity contribution in [2.24, 2.45) is 0 Å². The number of nitrogens with zero attached hydrogens (tertiary/aromatic N) is 1. The first-order valence-corrected chi connectivity index (χ1v) is 6.68. The summed E-state index contributed by atoms with van der Waals surface area (Å²) in [4.78, 5) is 4.33. The van der Waals surface area contributed by atoms with Gasteiger partial charge in [0.05, 0.1) is 12.8 Å². The molecule has 0 radical (unpaired) electrons. The molecule has 0 fully saturated rings. The van der Waals surface area contributed by atoms with Gasteiger partial charge in [-0.25, -0.2) is 4.98 Å². The van der Waals surface area contributed by atoms with Crippen LogP contribution in [0.15, 0.2) is 42.5 Å². The lowest BCUT2D eigenvalue weighted by molar-refractivity contribution is 0.313. The van der Waals surface area contributed by atoms with Crippen LogP contribution in [0.3, 0.4) is 0 Å². The second kappa shape index (κ2) is 7.50. The summed E-state index contributed by atoms with van der Waals surface area (Å²) >= 11 is 0. The smallest absolute Gasteiger partial charge is 0.213 e. The molecular weight excluding hydrogens is 252 g/mol. The van der Waals surface area contributed by atoms with E-state index < -0.39 is 0 Å². The zero-order chi connectivity index (χ0) is 14.2. The molecule has 0 saturated carbocycles. The van der Waals surface area contributed by atoms with Crippen molar-refractivity contribution in [1.29, 1.82) is 0 Å². The Bertz CT molecular complexity index is 526. The number of pyridine rings is 1. The Hall–Kier alpha value is -2.07. The molecule has 4 heteroatoms. The summed E-state index contributed by atoms with van der Waals surface area (Å²) in [6.45, 7) is 4.17. The standard InChI is InChI=1S/C16H20N2O2/c1-13-6-8-15(9-7-13)20-11-10-17-12-14-4-3-5-16(18-14)19-2/h3-9,17H,10-12H2,1-2H3. The normalized spacial score (nSPS) is 10.3. The van der Waals surface area contributed by atoms with Gasteiger partial charge in [-0.3, -0.25) is 0 Å². The van der Waals surface area contributed by atoms with Gasteiger partial charge in [-0.1, -0.05) is 23.8 Å². The summed E-state index contributed by atoms with van der Waals surface area (Å²) < 4.78 is 10.7. The molecule has 0 spiro atoms. The molecule has 0 aliphatic heterocycles. The number of benzene rings is 1. The topological polar surface area (TPSA) is 43.4 Å². The highest BCUT2D eigenvalue weighted by molar-refractivity contribution is 5.26. The molecule has 2 aromatic rings. The second-order valence-electron chi connectivity index (χ2n) is 4.51. The van der Waals surface area contributed by atoms with Crippen molar-refractivity contribution in [3.05, 3.63) is 53.7 Å². The molecule has 1 aromatic heterocycles. The molecule has 106 valence electrons. The van der Waals surface area contributed by atoms with Gasteiger partial charge in [-0.15, -0.1) is 0 Å². The Morgan fingerprint density at radius 3 is 2.65 bits per heavy atom. The molecule has 0 unspecified atom stereocenters. The summed E-state index contributed by atoms with van der Waals surface area (Å²) in [7, 11) is 1.62. The maximum atomic E-state index is 5.64. The molecule has 1 aromatic carbocycles. The average Bonchev–Trinajstić information content (AvgIpc) is 2.49. The molecule has 1 heterocycles. The van der Waals surface area contributed by atoms with E-state index in [-0.39, 0.29) is 0 Å². The van der Waals surface area contributed by atoms with E-state index in [0.717, 1.165) is 18.0 Å². The first kappa shape index (κ1) is 14.3. The van der Waals surface area contributed by atoms with E-state index in [0.29, 0.717) is 19.0 Å². The van der Waals surface area contributed by atoms with Gasteiger partial charge in [0.2, 0.25) is 5.88 Å². The molecule has 0 aliphatic rings. The van der Waals surface area contributed by atoms with E-state index >= 15 is 0 Å². The molecule has 4 nitrogen and oxygen atoms in total. The maximum Gasteiger partial charge on any atom is 0.213 e. The van der Waals surface area contributed by atoms with E-state index in [1.165, 1.54) is 5.56 Å². The van der Waals surface area contributed by atoms with Crippen molar-refractivity contribution in [2.45, 2.75) is 13.5 Å². The Morgan fingerprint density at radius 2 is 1.90 bits per heavy atom. The number of hydrogen-bond acceptors (Lipinski definition) is 4. The lowest BCUT2D eigenvalue weighted by atomic mass is 10.2. The molecule has 0 amide bonds. The van der Waals surface area contributed by atoms with Crippen LogP contribution in [0.25, 0.3) is 0 Å². The Labute approximate surface area is 119 Å². The predicted molar refractivity (Wildman–Crippen MR) is 79.2 cm³/mol. The molecule has 0 atom stereocenters. The largest absolute Gasteiger partial charge is 0.492 e. The number of ether oxygens (including phenoxy) is 2. The van der Waals surface area contributed by atoms with Crippen molar-refractivity contribution < 1.29 is 9.47 Å². The van der Waals surface area contributed by atoms with Crippen molar-refractivity contribution in [1.82, 2.24) is 10.3 Å². The minimum absolute atomic E-state index is 0.632. The first-order chi connectivity index (χ1) is 9.78. The van der Waals surface area contributed by atoms with Gasteiger partial charge in [0.15, 0.2) is 0 Å². The molecule has 0 saturated heterocycles. The van der Waals surface area contributed by atoms with Gasteiger partial charge >= 0.3 is 0 Å². The molecule has 1 N–H and O–H groups in total. The zero-order valence-electron chi connectivity index (χ0n) is 11.9. The van der Waals surface area contributed by atoms with Crippen LogP contribution in [-0.4, -0.2) is 25.2 Å². The lowest BCUT2D eigenvalue weighted by Crippen LogP contribution is -2.21. The SMILES string of the molecule is COc1cccc(CNCCOc2ccc(C)cc2)n1. The molecule has 0 bridgehead atoms. The van der Waals surface area contributed by atoms with Gasteiger partial charge in [-0.2, -0.15) is 0 Å². The third-order valence-corrected chi connectivity index (χ3v) is 2.87. The highest BCUT2D eigenvalue weighted by Crippen LogP contribution is 2.10. The zero-order valence-corrected chi connectivity index (χ0v) is 11.9. The van der Waals surface area contributed by atoms with Crippen LogP contribution in [-0.2, 0) is 6.54 Å². The van der Waals surface area contributed by atoms with Gasteiger partial charge in [0.25, 0.3) is 0 Å². The number of hydrogen-bond donors (Lipinski definition) is 1. The van der Waals surface area contributed by atoms with Gasteiger partial charge in [0.1, 0.15) is 12.4 Å². The summed E-state index contributed by atoms with van der Waals surface area (Å²) in [6, 6.07) is 13.8. The number of aromatic nitrogens is 1. The lowest BCUT2D eigenvalue weighted by Gasteiger charge is -2.08. The molecular formula is C16H20N2O2. The van der Waals surface area contributed by atoms with E-state index in [1.54, 1.807) is 7.11 Å². The number of methoxy groups -OCH3 is 1. The van der Waals surface area contributed by atoms with Gasteiger partial charge < -0.3 is 14.8 Å². The van der Waals surface area contributed by atoms with Crippen LogP contribution in [0.5, 0.6) is 11.6 Å². The Kier molecular flexibility index (Phi) is 5.38. The van der Waals surface area contributed by atoms with Crippen LogP contribution < -0.4 is 14.8 Å². The summed E-state index contributed by atoms with van der Waals surface area (Å²) in [6.07, 6.45) is 0. The van der Waals surface area contributed by atoms with Crippen LogP contribution in [0.1, 0.15) is 11.3 Å². The number of rotatable bonds is 7. The van der Waals surface area contributed by atoms with Crippen LogP contribution in [0, 0.1) is 6.92 Å². The summed E-state index contributed by atoms with van der Waals surface area (Å²) in [5.41, 5.74) is 2.19. The third-order valence-electron chi connectivity index (χ3n) is 2.87. The van der Waals surface area contributed by atoms with Crippen molar-refractivity contribution in [2.75, 3.05) is 20.3 Å². The van der Waals surface area contributed by atoms with E-state index in [4.69, 9.17) is 9.47 Å². The summed E-state index contributed by atoms with van der Waals surface area (Å²) in [5.74, 6) is 1.54. The molecule has 0 aliphatic carbocycles. The summed E-state index contributed by atoms with van der Waals surface area (Å²) in [5, 5.41) is 3.29. The van der Waals surface area contributed by atoms with Crippen molar-refractivity contribution >= 4 is 0 Å². The van der Waals surface area contributed by atoms with Crippen LogP contribution in [0.4, 0.5) is 0 Å². The Balaban J connectivity index is 1.67. The fourth-order valence-corrected chi connectivity index (χ4v) is 1.76. The quantitative estimate of drug-likeness (QED) is 0.787. The Morgan fingerprint density at radius 1 is 1.10 bits per heavy atom. The number of aryl methyl sites for hydroxylation is 1. The fourth-order valence-electron chi connectivity index (χ4n) is 1.76. The third kappa shape index (κ3) is 4.55. The van der Waals surface area contributed by atoms with Crippen LogP contribution in [0.2, 0.25) is 0 Å². The highest BCUT2D eigenvalue weighted by Gasteiger charge is 1.97. The predicted octanol–water partition coefficient (Wildman–Crippen LogP) is 2.57. The first-order valence-electron chi connectivity index (χ1n) is 6.68. The maximum absolute atomic E-state index is 5.64. The average molecular weight is 272 g/mol. The minimum Gasteiger partial charge on any atom is -0.492 e. The highest BCUT2D eigenvalue weighted by atomic mass is 16.5. The van der Waals surface area contributed by atoms with E-state index in [9.17, 15) is 0 Å².